The molecule has 0 spiro atoms. The number of urea groups is 1. The minimum atomic E-state index is -5.20. The zero-order chi connectivity index (χ0) is 20.5. The van der Waals surface area contributed by atoms with E-state index < -0.39 is 30.5 Å². The van der Waals surface area contributed by atoms with Gasteiger partial charge in [-0.3, -0.25) is 5.32 Å². The summed E-state index contributed by atoms with van der Waals surface area (Å²) in [6, 6.07) is 6.99. The molecule has 2 aromatic rings. The largest absolute Gasteiger partial charge is 0.492 e. The van der Waals surface area contributed by atoms with Crippen LogP contribution in [0.25, 0.3) is 0 Å². The van der Waals surface area contributed by atoms with Crippen molar-refractivity contribution in [2.75, 3.05) is 5.32 Å². The first-order chi connectivity index (χ1) is 13.1. The van der Waals surface area contributed by atoms with Crippen molar-refractivity contribution in [1.29, 1.82) is 0 Å². The summed E-state index contributed by atoms with van der Waals surface area (Å²) in [6.07, 6.45) is -5.20. The first kappa shape index (κ1) is 19.8. The minimum Gasteiger partial charge on any atom is -0.433 e. The van der Waals surface area contributed by atoms with Gasteiger partial charge in [0, 0.05) is 11.1 Å². The summed E-state index contributed by atoms with van der Waals surface area (Å²) in [6.45, 7) is -3.20. The van der Waals surface area contributed by atoms with Crippen LogP contribution in [0.1, 0.15) is 0 Å². The summed E-state index contributed by atoms with van der Waals surface area (Å²) >= 11 is 5.71. The highest BCUT2D eigenvalue weighted by Crippen LogP contribution is 2.46. The van der Waals surface area contributed by atoms with E-state index in [4.69, 9.17) is 21.1 Å². The van der Waals surface area contributed by atoms with Gasteiger partial charge in [0.25, 0.3) is 0 Å². The summed E-state index contributed by atoms with van der Waals surface area (Å²) < 4.78 is 79.4. The Labute approximate surface area is 159 Å². The third kappa shape index (κ3) is 3.98. The standard InChI is InChI=1S/C16H10ClF5N2O4/c17-8-5-6-11-12(7-8)28-16(27-11,15(20,21)22)24-14(25)23-9-3-1-2-4-10(9)26-13(18)19/h1-7,13H,(H2,23,24,25)/t16-/m0/s1. The van der Waals surface area contributed by atoms with Crippen molar-refractivity contribution in [1.82, 2.24) is 5.32 Å². The van der Waals surface area contributed by atoms with E-state index >= 15 is 0 Å². The summed E-state index contributed by atoms with van der Waals surface area (Å²) in [4.78, 5) is 12.1. The van der Waals surface area contributed by atoms with Crippen LogP contribution < -0.4 is 24.8 Å². The molecule has 0 radical (unpaired) electrons. The lowest BCUT2D eigenvalue weighted by atomic mass is 10.3. The maximum atomic E-state index is 13.6. The van der Waals surface area contributed by atoms with E-state index in [1.165, 1.54) is 23.5 Å². The fourth-order valence-corrected chi connectivity index (χ4v) is 2.45. The molecule has 6 nitrogen and oxygen atoms in total. The monoisotopic (exact) mass is 424 g/mol. The van der Waals surface area contributed by atoms with Crippen LogP contribution in [-0.4, -0.2) is 24.7 Å². The Morgan fingerprint density at radius 1 is 1.11 bits per heavy atom. The number of halogens is 6. The van der Waals surface area contributed by atoms with Gasteiger partial charge in [0.1, 0.15) is 5.75 Å². The smallest absolute Gasteiger partial charge is 0.433 e. The Balaban J connectivity index is 1.82. The third-order valence-corrected chi connectivity index (χ3v) is 3.65. The number of anilines is 1. The van der Waals surface area contributed by atoms with Gasteiger partial charge in [-0.15, -0.1) is 0 Å². The molecule has 0 unspecified atom stereocenters. The van der Waals surface area contributed by atoms with E-state index in [0.717, 1.165) is 24.3 Å². The Bertz CT molecular complexity index is 896. The molecule has 2 aromatic carbocycles. The molecule has 150 valence electrons. The molecule has 12 heteroatoms. The number of hydrogen-bond donors (Lipinski definition) is 2. The molecule has 0 bridgehead atoms. The SMILES string of the molecule is O=C(Nc1ccccc1OC(F)F)N[C@@]1(C(F)(F)F)Oc2ccc(Cl)cc2O1. The molecule has 1 aliphatic heterocycles. The van der Waals surface area contributed by atoms with Gasteiger partial charge in [-0.2, -0.15) is 22.0 Å². The fourth-order valence-electron chi connectivity index (χ4n) is 2.29. The van der Waals surface area contributed by atoms with Crippen LogP contribution in [0.4, 0.5) is 32.4 Å². The van der Waals surface area contributed by atoms with E-state index in [9.17, 15) is 26.7 Å². The van der Waals surface area contributed by atoms with Crippen molar-refractivity contribution in [2.24, 2.45) is 0 Å². The Morgan fingerprint density at radius 3 is 2.46 bits per heavy atom. The van der Waals surface area contributed by atoms with Crippen molar-refractivity contribution in [3.05, 3.63) is 47.5 Å². The van der Waals surface area contributed by atoms with Crippen LogP contribution in [0.3, 0.4) is 0 Å². The normalized spacial score (nSPS) is 18.1. The number of fused-ring (bicyclic) bond motifs is 1. The quantitative estimate of drug-likeness (QED) is 0.695. The van der Waals surface area contributed by atoms with E-state index in [1.54, 1.807) is 0 Å². The first-order valence-electron chi connectivity index (χ1n) is 7.47. The topological polar surface area (TPSA) is 68.8 Å². The van der Waals surface area contributed by atoms with E-state index in [2.05, 4.69) is 4.74 Å². The molecule has 1 atom stereocenters. The van der Waals surface area contributed by atoms with Crippen LogP contribution in [0.15, 0.2) is 42.5 Å². The summed E-state index contributed by atoms with van der Waals surface area (Å²) in [5.41, 5.74) is -0.295. The fraction of sp³-hybridized carbons (Fsp3) is 0.188. The number of carbonyl (C=O) groups is 1. The number of benzene rings is 2. The molecule has 1 heterocycles. The molecule has 28 heavy (non-hydrogen) atoms. The Hall–Kier alpha value is -2.95. The van der Waals surface area contributed by atoms with Gasteiger partial charge in [0.2, 0.25) is 0 Å². The highest BCUT2D eigenvalue weighted by atomic mass is 35.5. The molecule has 1 aliphatic rings. The lowest BCUT2D eigenvalue weighted by Gasteiger charge is -2.29. The van der Waals surface area contributed by atoms with Gasteiger partial charge in [-0.1, -0.05) is 23.7 Å². The van der Waals surface area contributed by atoms with Gasteiger partial charge in [0.05, 0.1) is 5.69 Å². The second-order valence-electron chi connectivity index (χ2n) is 5.36. The minimum absolute atomic E-state index is 0.0860. The zero-order valence-electron chi connectivity index (χ0n) is 13.5. The molecular weight excluding hydrogens is 415 g/mol. The van der Waals surface area contributed by atoms with E-state index in [0.29, 0.717) is 0 Å². The molecule has 0 fully saturated rings. The van der Waals surface area contributed by atoms with Crippen LogP contribution in [0, 0.1) is 0 Å². The third-order valence-electron chi connectivity index (χ3n) is 3.42. The second kappa shape index (κ2) is 7.23. The Morgan fingerprint density at radius 2 is 1.79 bits per heavy atom. The number of ether oxygens (including phenoxy) is 3. The Kier molecular flexibility index (Phi) is 5.11. The van der Waals surface area contributed by atoms with E-state index in [1.807, 2.05) is 5.32 Å². The van der Waals surface area contributed by atoms with Gasteiger partial charge in [-0.25, -0.2) is 4.79 Å². The second-order valence-corrected chi connectivity index (χ2v) is 5.80. The predicted octanol–water partition coefficient (Wildman–Crippen LogP) is 4.75. The lowest BCUT2D eigenvalue weighted by Crippen LogP contribution is -2.65. The number of para-hydroxylation sites is 2. The van der Waals surface area contributed by atoms with Crippen molar-refractivity contribution in [2.45, 2.75) is 18.7 Å². The number of carbonyl (C=O) groups excluding carboxylic acids is 1. The number of alkyl halides is 5. The zero-order valence-corrected chi connectivity index (χ0v) is 14.3. The lowest BCUT2D eigenvalue weighted by molar-refractivity contribution is -0.317. The van der Waals surface area contributed by atoms with Crippen molar-refractivity contribution < 1.29 is 41.0 Å². The maximum absolute atomic E-state index is 13.6. The van der Waals surface area contributed by atoms with Crippen molar-refractivity contribution in [3.63, 3.8) is 0 Å². The van der Waals surface area contributed by atoms with Crippen LogP contribution in [-0.2, 0) is 0 Å². The van der Waals surface area contributed by atoms with Crippen LogP contribution in [0.5, 0.6) is 17.2 Å². The van der Waals surface area contributed by atoms with Gasteiger partial charge in [0.15, 0.2) is 11.5 Å². The van der Waals surface area contributed by atoms with E-state index in [-0.39, 0.29) is 22.2 Å². The van der Waals surface area contributed by atoms with Gasteiger partial charge >= 0.3 is 24.7 Å². The number of nitrogens with one attached hydrogen (secondary N) is 2. The average Bonchev–Trinajstić information content (AvgIpc) is 2.94. The summed E-state index contributed by atoms with van der Waals surface area (Å²) in [5.74, 6) is -4.63. The van der Waals surface area contributed by atoms with Crippen molar-refractivity contribution >= 4 is 23.3 Å². The highest BCUT2D eigenvalue weighted by molar-refractivity contribution is 6.30. The number of rotatable bonds is 4. The molecule has 0 aliphatic carbocycles. The van der Waals surface area contributed by atoms with Crippen molar-refractivity contribution in [3.8, 4) is 17.2 Å². The van der Waals surface area contributed by atoms with Crippen LogP contribution >= 0.6 is 11.6 Å². The average molecular weight is 425 g/mol. The number of amides is 2. The first-order valence-corrected chi connectivity index (χ1v) is 7.85. The molecule has 2 N–H and O–H groups in total. The highest BCUT2D eigenvalue weighted by Gasteiger charge is 2.65. The van der Waals surface area contributed by atoms with Gasteiger partial charge in [-0.05, 0) is 24.3 Å². The van der Waals surface area contributed by atoms with Crippen LogP contribution in [0.2, 0.25) is 5.02 Å². The molecule has 3 rings (SSSR count). The predicted molar refractivity (Wildman–Crippen MR) is 86.7 cm³/mol. The maximum Gasteiger partial charge on any atom is 0.492 e. The molecular formula is C16H10ClF5N2O4. The summed E-state index contributed by atoms with van der Waals surface area (Å²) in [5, 5.41) is 3.59. The molecule has 2 amide bonds. The van der Waals surface area contributed by atoms with Gasteiger partial charge < -0.3 is 19.5 Å². The molecule has 0 aromatic heterocycles. The number of hydrogen-bond acceptors (Lipinski definition) is 4. The molecule has 0 saturated heterocycles. The molecule has 0 saturated carbocycles. The summed E-state index contributed by atoms with van der Waals surface area (Å²) in [7, 11) is 0.